The number of aromatic nitrogens is 1. The summed E-state index contributed by atoms with van der Waals surface area (Å²) in [5.41, 5.74) is 2.76. The minimum absolute atomic E-state index is 0.611. The molecule has 2 heterocycles. The van der Waals surface area contributed by atoms with Crippen LogP contribution in [0.25, 0.3) is 10.9 Å². The van der Waals surface area contributed by atoms with E-state index >= 15 is 0 Å². The number of nitriles is 1. The van der Waals surface area contributed by atoms with E-state index in [1.165, 1.54) is 5.69 Å². The summed E-state index contributed by atoms with van der Waals surface area (Å²) in [6, 6.07) is 10.3. The van der Waals surface area contributed by atoms with Crippen molar-refractivity contribution in [2.45, 2.75) is 0 Å². The minimum Gasteiger partial charge on any atom is -0.369 e. The van der Waals surface area contributed by atoms with E-state index in [1.807, 2.05) is 12.1 Å². The first-order valence-electron chi connectivity index (χ1n) is 6.12. The van der Waals surface area contributed by atoms with Crippen LogP contribution in [0.1, 0.15) is 5.56 Å². The molecule has 0 atom stereocenters. The fraction of sp³-hybridized carbons (Fsp3) is 0.286. The molecule has 1 fully saturated rings. The second kappa shape index (κ2) is 4.63. The highest BCUT2D eigenvalue weighted by atomic mass is 15.2. The van der Waals surface area contributed by atoms with E-state index in [9.17, 15) is 0 Å². The second-order valence-electron chi connectivity index (χ2n) is 4.45. The molecule has 2 aromatic rings. The van der Waals surface area contributed by atoms with Gasteiger partial charge in [-0.05, 0) is 24.3 Å². The Hall–Kier alpha value is -2.12. The maximum absolute atomic E-state index is 8.91. The number of piperazine rings is 1. The summed E-state index contributed by atoms with van der Waals surface area (Å²) in [4.78, 5) is 6.64. The van der Waals surface area contributed by atoms with Crippen LogP contribution in [-0.2, 0) is 0 Å². The van der Waals surface area contributed by atoms with Crippen molar-refractivity contribution in [2.24, 2.45) is 0 Å². The molecule has 1 N–H and O–H groups in total. The van der Waals surface area contributed by atoms with Gasteiger partial charge < -0.3 is 10.2 Å². The lowest BCUT2D eigenvalue weighted by atomic mass is 10.1. The fourth-order valence-electron chi connectivity index (χ4n) is 2.30. The van der Waals surface area contributed by atoms with E-state index in [-0.39, 0.29) is 0 Å². The molecule has 18 heavy (non-hydrogen) atoms. The Bertz CT molecular complexity index is 609. The molecule has 0 spiro atoms. The molecule has 0 aliphatic carbocycles. The lowest BCUT2D eigenvalue weighted by Gasteiger charge is -2.29. The van der Waals surface area contributed by atoms with Crippen LogP contribution >= 0.6 is 0 Å². The van der Waals surface area contributed by atoms with Gasteiger partial charge in [0.15, 0.2) is 0 Å². The van der Waals surface area contributed by atoms with Crippen LogP contribution in [0.4, 0.5) is 5.69 Å². The number of nitrogens with zero attached hydrogens (tertiary/aromatic N) is 3. The Morgan fingerprint density at radius 3 is 2.83 bits per heavy atom. The van der Waals surface area contributed by atoms with Crippen molar-refractivity contribution in [3.05, 3.63) is 36.0 Å². The van der Waals surface area contributed by atoms with E-state index in [2.05, 4.69) is 33.4 Å². The highest BCUT2D eigenvalue weighted by molar-refractivity contribution is 5.83. The number of pyridine rings is 1. The summed E-state index contributed by atoms with van der Waals surface area (Å²) >= 11 is 0. The molecule has 1 aromatic heterocycles. The zero-order chi connectivity index (χ0) is 12.4. The largest absolute Gasteiger partial charge is 0.369 e. The van der Waals surface area contributed by atoms with Crippen molar-refractivity contribution in [2.75, 3.05) is 31.1 Å². The van der Waals surface area contributed by atoms with Gasteiger partial charge in [0.05, 0.1) is 11.1 Å². The molecule has 90 valence electrons. The highest BCUT2D eigenvalue weighted by Crippen LogP contribution is 2.21. The molecule has 3 rings (SSSR count). The summed E-state index contributed by atoms with van der Waals surface area (Å²) < 4.78 is 0. The van der Waals surface area contributed by atoms with Gasteiger partial charge in [0.25, 0.3) is 0 Å². The third kappa shape index (κ3) is 2.01. The van der Waals surface area contributed by atoms with E-state index in [0.717, 1.165) is 37.1 Å². The molecule has 1 aromatic carbocycles. The summed E-state index contributed by atoms with van der Waals surface area (Å²) in [7, 11) is 0. The lowest BCUT2D eigenvalue weighted by Crippen LogP contribution is -2.43. The summed E-state index contributed by atoms with van der Waals surface area (Å²) in [6.45, 7) is 4.09. The molecule has 1 saturated heterocycles. The number of rotatable bonds is 1. The normalized spacial score (nSPS) is 15.6. The Morgan fingerprint density at radius 1 is 1.22 bits per heavy atom. The molecular weight excluding hydrogens is 224 g/mol. The summed E-state index contributed by atoms with van der Waals surface area (Å²) in [5, 5.41) is 13.3. The van der Waals surface area contributed by atoms with Crippen LogP contribution in [0.15, 0.2) is 30.5 Å². The van der Waals surface area contributed by atoms with E-state index in [0.29, 0.717) is 5.56 Å². The quantitative estimate of drug-likeness (QED) is 0.818. The second-order valence-corrected chi connectivity index (χ2v) is 4.45. The van der Waals surface area contributed by atoms with Crippen molar-refractivity contribution in [3.63, 3.8) is 0 Å². The number of fused-ring (bicyclic) bond motifs is 1. The van der Waals surface area contributed by atoms with E-state index in [1.54, 1.807) is 6.20 Å². The molecule has 1 aliphatic rings. The van der Waals surface area contributed by atoms with Gasteiger partial charge in [-0.3, -0.25) is 4.98 Å². The average molecular weight is 238 g/mol. The van der Waals surface area contributed by atoms with E-state index < -0.39 is 0 Å². The van der Waals surface area contributed by atoms with Crippen LogP contribution < -0.4 is 10.2 Å². The SMILES string of the molecule is N#Cc1cnc2ccc(N3CCNCC3)cc2c1. The average Bonchev–Trinajstić information content (AvgIpc) is 2.47. The van der Waals surface area contributed by atoms with Gasteiger partial charge in [0, 0.05) is 43.4 Å². The van der Waals surface area contributed by atoms with Gasteiger partial charge in [-0.1, -0.05) is 0 Å². The number of benzene rings is 1. The first-order valence-corrected chi connectivity index (χ1v) is 6.12. The predicted octanol–water partition coefficient (Wildman–Crippen LogP) is 1.52. The smallest absolute Gasteiger partial charge is 0.101 e. The molecular formula is C14H14N4. The third-order valence-electron chi connectivity index (χ3n) is 3.28. The van der Waals surface area contributed by atoms with Crippen molar-refractivity contribution in [3.8, 4) is 6.07 Å². The van der Waals surface area contributed by atoms with Gasteiger partial charge in [0.2, 0.25) is 0 Å². The summed E-state index contributed by atoms with van der Waals surface area (Å²) in [6.07, 6.45) is 1.62. The van der Waals surface area contributed by atoms with Crippen LogP contribution in [0.2, 0.25) is 0 Å². The van der Waals surface area contributed by atoms with Crippen molar-refractivity contribution < 1.29 is 0 Å². The van der Waals surface area contributed by atoms with Crippen LogP contribution in [-0.4, -0.2) is 31.2 Å². The molecule has 0 radical (unpaired) electrons. The molecule has 0 unspecified atom stereocenters. The maximum Gasteiger partial charge on any atom is 0.101 e. The number of nitrogens with one attached hydrogen (secondary N) is 1. The molecule has 0 bridgehead atoms. The van der Waals surface area contributed by atoms with Gasteiger partial charge in [-0.2, -0.15) is 5.26 Å². The third-order valence-corrected chi connectivity index (χ3v) is 3.28. The van der Waals surface area contributed by atoms with Crippen molar-refractivity contribution >= 4 is 16.6 Å². The van der Waals surface area contributed by atoms with Crippen LogP contribution in [0.5, 0.6) is 0 Å². The lowest BCUT2D eigenvalue weighted by molar-refractivity contribution is 0.589. The first-order chi connectivity index (χ1) is 8.86. The topological polar surface area (TPSA) is 52.0 Å². The van der Waals surface area contributed by atoms with Gasteiger partial charge in [-0.25, -0.2) is 0 Å². The molecule has 4 nitrogen and oxygen atoms in total. The Labute approximate surface area is 106 Å². The number of hydrogen-bond acceptors (Lipinski definition) is 4. The molecule has 0 amide bonds. The molecule has 0 saturated carbocycles. The van der Waals surface area contributed by atoms with Crippen LogP contribution in [0, 0.1) is 11.3 Å². The van der Waals surface area contributed by atoms with Crippen LogP contribution in [0.3, 0.4) is 0 Å². The fourth-order valence-corrected chi connectivity index (χ4v) is 2.30. The number of anilines is 1. The standard InChI is InChI=1S/C14H14N4/c15-9-11-7-12-8-13(1-2-14(12)17-10-11)18-5-3-16-4-6-18/h1-2,7-8,10,16H,3-6H2. The zero-order valence-electron chi connectivity index (χ0n) is 10.1. The number of hydrogen-bond donors (Lipinski definition) is 1. The van der Waals surface area contributed by atoms with E-state index in [4.69, 9.17) is 5.26 Å². The minimum atomic E-state index is 0.611. The monoisotopic (exact) mass is 238 g/mol. The Morgan fingerprint density at radius 2 is 2.06 bits per heavy atom. The molecule has 1 aliphatic heterocycles. The van der Waals surface area contributed by atoms with Gasteiger partial charge >= 0.3 is 0 Å². The van der Waals surface area contributed by atoms with Gasteiger partial charge in [-0.15, -0.1) is 0 Å². The maximum atomic E-state index is 8.91. The zero-order valence-corrected chi connectivity index (χ0v) is 10.1. The first kappa shape index (κ1) is 11.0. The Balaban J connectivity index is 2.01. The van der Waals surface area contributed by atoms with Crippen molar-refractivity contribution in [1.82, 2.24) is 10.3 Å². The highest BCUT2D eigenvalue weighted by Gasteiger charge is 2.10. The predicted molar refractivity (Wildman–Crippen MR) is 71.5 cm³/mol. The van der Waals surface area contributed by atoms with Gasteiger partial charge in [0.1, 0.15) is 6.07 Å². The van der Waals surface area contributed by atoms with Crippen molar-refractivity contribution in [1.29, 1.82) is 5.26 Å². The summed E-state index contributed by atoms with van der Waals surface area (Å²) in [5.74, 6) is 0. The molecule has 4 heteroatoms. The Kier molecular flexibility index (Phi) is 2.83.